The van der Waals surface area contributed by atoms with Crippen LogP contribution in [0.4, 0.5) is 5.69 Å². The van der Waals surface area contributed by atoms with E-state index in [2.05, 4.69) is 10.6 Å². The number of hydrogen-bond donors (Lipinski definition) is 0. The zero-order chi connectivity index (χ0) is 25.4. The number of anilines is 1. The second kappa shape index (κ2) is 9.97. The van der Waals surface area contributed by atoms with Gasteiger partial charge in [0.2, 0.25) is 0 Å². The largest absolute Gasteiger partial charge is 0.494 e. The van der Waals surface area contributed by atoms with Crippen LogP contribution >= 0.6 is 35.4 Å². The van der Waals surface area contributed by atoms with Gasteiger partial charge in [0.15, 0.2) is 5.11 Å². The third-order valence-electron chi connectivity index (χ3n) is 6.14. The summed E-state index contributed by atoms with van der Waals surface area (Å²) in [6.07, 6.45) is 3.93. The van der Waals surface area contributed by atoms with Crippen LogP contribution in [0.15, 0.2) is 78.6 Å². The SMILES string of the molecule is CCOc1ccc(N2C(=O)/C(=C/c3cn(Cc4ccc(Cl)cc4Cl)c4ccccc34)N(C)C2=S)cc1. The van der Waals surface area contributed by atoms with Gasteiger partial charge < -0.3 is 14.2 Å². The summed E-state index contributed by atoms with van der Waals surface area (Å²) in [4.78, 5) is 16.8. The number of benzene rings is 3. The number of hydrogen-bond acceptors (Lipinski definition) is 3. The van der Waals surface area contributed by atoms with E-state index in [1.165, 1.54) is 0 Å². The molecule has 1 fully saturated rings. The van der Waals surface area contributed by atoms with Crippen molar-refractivity contribution in [3.05, 3.63) is 99.8 Å². The molecule has 2 heterocycles. The molecule has 0 saturated carbocycles. The van der Waals surface area contributed by atoms with Crippen molar-refractivity contribution in [1.29, 1.82) is 0 Å². The summed E-state index contributed by atoms with van der Waals surface area (Å²) < 4.78 is 7.65. The predicted octanol–water partition coefficient (Wildman–Crippen LogP) is 7.00. The summed E-state index contributed by atoms with van der Waals surface area (Å²) in [5.41, 5.74) is 4.11. The van der Waals surface area contributed by atoms with Crippen molar-refractivity contribution in [3.8, 4) is 5.75 Å². The van der Waals surface area contributed by atoms with Gasteiger partial charge in [-0.3, -0.25) is 9.69 Å². The Kier molecular flexibility index (Phi) is 6.75. The monoisotopic (exact) mass is 535 g/mol. The molecule has 1 aliphatic rings. The standard InChI is InChI=1S/C28H23Cl2N3O2S/c1-3-35-22-12-10-21(11-13-22)33-27(34)26(31(2)28(33)36)14-19-17-32(25-7-5-4-6-23(19)25)16-18-8-9-20(29)15-24(18)30/h4-15,17H,3,16H2,1-2H3/b26-14-. The molecule has 5 nitrogen and oxygen atoms in total. The zero-order valence-electron chi connectivity index (χ0n) is 19.7. The molecule has 1 aliphatic heterocycles. The number of thiocarbonyl (C=S) groups is 1. The van der Waals surface area contributed by atoms with Crippen LogP contribution < -0.4 is 9.64 Å². The molecule has 0 bridgehead atoms. The van der Waals surface area contributed by atoms with E-state index >= 15 is 0 Å². The number of fused-ring (bicyclic) bond motifs is 1. The summed E-state index contributed by atoms with van der Waals surface area (Å²) in [7, 11) is 1.81. The normalized spacial score (nSPS) is 14.9. The first-order chi connectivity index (χ1) is 17.4. The quantitative estimate of drug-likeness (QED) is 0.197. The fourth-order valence-corrected chi connectivity index (χ4v) is 5.10. The van der Waals surface area contributed by atoms with E-state index in [0.29, 0.717) is 39.7 Å². The lowest BCUT2D eigenvalue weighted by atomic mass is 10.1. The Hall–Kier alpha value is -3.32. The number of nitrogens with zero attached hydrogens (tertiary/aromatic N) is 3. The number of aromatic nitrogens is 1. The second-order valence-corrected chi connectivity index (χ2v) is 9.61. The molecule has 0 N–H and O–H groups in total. The average Bonchev–Trinajstić information content (AvgIpc) is 3.31. The molecular formula is C28H23Cl2N3O2S. The fraction of sp³-hybridized carbons (Fsp3) is 0.143. The lowest BCUT2D eigenvalue weighted by molar-refractivity contribution is -0.114. The third kappa shape index (κ3) is 4.48. The Bertz CT molecular complexity index is 1510. The number of amides is 1. The van der Waals surface area contributed by atoms with Crippen molar-refractivity contribution in [3.63, 3.8) is 0 Å². The average molecular weight is 536 g/mol. The molecule has 4 aromatic rings. The molecule has 1 saturated heterocycles. The van der Waals surface area contributed by atoms with Crippen LogP contribution in [0.25, 0.3) is 17.0 Å². The Labute approximate surface area is 225 Å². The molecule has 0 atom stereocenters. The number of carbonyl (C=O) groups is 1. The number of para-hydroxylation sites is 1. The van der Waals surface area contributed by atoms with Crippen molar-refractivity contribution >= 4 is 69.1 Å². The molecule has 5 rings (SSSR count). The summed E-state index contributed by atoms with van der Waals surface area (Å²) in [6.45, 7) is 3.08. The molecule has 36 heavy (non-hydrogen) atoms. The van der Waals surface area contributed by atoms with Crippen LogP contribution in [0.2, 0.25) is 10.0 Å². The highest BCUT2D eigenvalue weighted by Gasteiger charge is 2.37. The van der Waals surface area contributed by atoms with Gasteiger partial charge in [-0.05, 0) is 73.2 Å². The van der Waals surface area contributed by atoms with Gasteiger partial charge in [0.05, 0.1) is 12.3 Å². The highest BCUT2D eigenvalue weighted by Crippen LogP contribution is 2.32. The number of likely N-dealkylation sites (N-methyl/N-ethyl adjacent to an activating group) is 1. The minimum atomic E-state index is -0.177. The molecule has 1 amide bonds. The van der Waals surface area contributed by atoms with Crippen molar-refractivity contribution in [2.75, 3.05) is 18.6 Å². The number of rotatable bonds is 6. The van der Waals surface area contributed by atoms with Crippen LogP contribution in [0, 0.1) is 0 Å². The van der Waals surface area contributed by atoms with Gasteiger partial charge in [-0.1, -0.05) is 47.5 Å². The number of halogens is 2. The van der Waals surface area contributed by atoms with Crippen LogP contribution in [0.3, 0.4) is 0 Å². The first-order valence-corrected chi connectivity index (χ1v) is 12.6. The van der Waals surface area contributed by atoms with Crippen LogP contribution in [-0.2, 0) is 11.3 Å². The van der Waals surface area contributed by atoms with Gasteiger partial charge in [-0.25, -0.2) is 0 Å². The van der Waals surface area contributed by atoms with E-state index in [1.54, 1.807) is 15.9 Å². The second-order valence-electron chi connectivity index (χ2n) is 8.40. The van der Waals surface area contributed by atoms with Gasteiger partial charge in [0.25, 0.3) is 5.91 Å². The molecule has 0 radical (unpaired) electrons. The maximum absolute atomic E-state index is 13.5. The molecule has 0 unspecified atom stereocenters. The molecule has 0 spiro atoms. The van der Waals surface area contributed by atoms with Gasteiger partial charge in [-0.15, -0.1) is 0 Å². The van der Waals surface area contributed by atoms with Gasteiger partial charge in [0, 0.05) is 46.3 Å². The zero-order valence-corrected chi connectivity index (χ0v) is 22.1. The Morgan fingerprint density at radius 2 is 1.78 bits per heavy atom. The molecule has 8 heteroatoms. The minimum absolute atomic E-state index is 0.177. The summed E-state index contributed by atoms with van der Waals surface area (Å²) in [5, 5.41) is 2.67. The lowest BCUT2D eigenvalue weighted by Crippen LogP contribution is -2.31. The van der Waals surface area contributed by atoms with Gasteiger partial charge >= 0.3 is 0 Å². The lowest BCUT2D eigenvalue weighted by Gasteiger charge is -2.16. The fourth-order valence-electron chi connectivity index (χ4n) is 4.34. The molecule has 0 aliphatic carbocycles. The highest BCUT2D eigenvalue weighted by atomic mass is 35.5. The minimum Gasteiger partial charge on any atom is -0.494 e. The molecule has 3 aromatic carbocycles. The maximum atomic E-state index is 13.5. The Morgan fingerprint density at radius 1 is 1.03 bits per heavy atom. The predicted molar refractivity (Wildman–Crippen MR) is 151 cm³/mol. The Balaban J connectivity index is 1.51. The Morgan fingerprint density at radius 3 is 2.50 bits per heavy atom. The first kappa shape index (κ1) is 24.4. The maximum Gasteiger partial charge on any atom is 0.281 e. The van der Waals surface area contributed by atoms with E-state index < -0.39 is 0 Å². The molecule has 1 aromatic heterocycles. The van der Waals surface area contributed by atoms with Crippen molar-refractivity contribution < 1.29 is 9.53 Å². The molecule has 182 valence electrons. The van der Waals surface area contributed by atoms with E-state index in [4.69, 9.17) is 40.2 Å². The van der Waals surface area contributed by atoms with Crippen LogP contribution in [0.1, 0.15) is 18.1 Å². The summed E-state index contributed by atoms with van der Waals surface area (Å²) in [5.74, 6) is 0.570. The number of carbonyl (C=O) groups excluding carboxylic acids is 1. The smallest absolute Gasteiger partial charge is 0.281 e. The van der Waals surface area contributed by atoms with Crippen molar-refractivity contribution in [1.82, 2.24) is 9.47 Å². The molecular weight excluding hydrogens is 513 g/mol. The third-order valence-corrected chi connectivity index (χ3v) is 7.18. The topological polar surface area (TPSA) is 37.7 Å². The summed E-state index contributed by atoms with van der Waals surface area (Å²) in [6, 6.07) is 20.9. The van der Waals surface area contributed by atoms with E-state index in [9.17, 15) is 4.79 Å². The van der Waals surface area contributed by atoms with Crippen molar-refractivity contribution in [2.45, 2.75) is 13.5 Å². The van der Waals surface area contributed by atoms with E-state index in [0.717, 1.165) is 27.8 Å². The summed E-state index contributed by atoms with van der Waals surface area (Å²) >= 11 is 18.2. The number of ether oxygens (including phenoxy) is 1. The van der Waals surface area contributed by atoms with Crippen LogP contribution in [0.5, 0.6) is 5.75 Å². The van der Waals surface area contributed by atoms with Gasteiger partial charge in [0.1, 0.15) is 11.4 Å². The van der Waals surface area contributed by atoms with Crippen molar-refractivity contribution in [2.24, 2.45) is 0 Å². The van der Waals surface area contributed by atoms with E-state index in [1.807, 2.05) is 80.8 Å². The van der Waals surface area contributed by atoms with Crippen LogP contribution in [-0.4, -0.2) is 34.1 Å². The highest BCUT2D eigenvalue weighted by molar-refractivity contribution is 7.80. The first-order valence-electron chi connectivity index (χ1n) is 11.5. The van der Waals surface area contributed by atoms with Gasteiger partial charge in [-0.2, -0.15) is 0 Å². The van der Waals surface area contributed by atoms with E-state index in [-0.39, 0.29) is 5.91 Å².